The molecular weight excluding hydrogens is 192 g/mol. The number of aliphatic hydroxyl groups excluding tert-OH is 1. The summed E-state index contributed by atoms with van der Waals surface area (Å²) in [6, 6.07) is 0. The molecule has 1 aliphatic heterocycles. The van der Waals surface area contributed by atoms with E-state index in [2.05, 4.69) is 13.8 Å². The second-order valence-corrected chi connectivity index (χ2v) is 5.32. The van der Waals surface area contributed by atoms with Crippen molar-refractivity contribution in [3.63, 3.8) is 0 Å². The highest BCUT2D eigenvalue weighted by Crippen LogP contribution is 2.66. The Morgan fingerprint density at radius 2 is 2.13 bits per heavy atom. The molecule has 3 nitrogen and oxygen atoms in total. The number of aliphatic hydroxyl groups is 1. The van der Waals surface area contributed by atoms with Gasteiger partial charge in [-0.25, -0.2) is 0 Å². The number of carbonyl (C=O) groups is 1. The van der Waals surface area contributed by atoms with Gasteiger partial charge in [0.05, 0.1) is 12.0 Å². The first-order chi connectivity index (χ1) is 7.15. The monoisotopic (exact) mass is 210 g/mol. The molecule has 3 aliphatic rings. The fourth-order valence-corrected chi connectivity index (χ4v) is 4.59. The van der Waals surface area contributed by atoms with Crippen molar-refractivity contribution in [2.75, 3.05) is 0 Å². The van der Waals surface area contributed by atoms with Crippen molar-refractivity contribution in [1.29, 1.82) is 0 Å². The minimum atomic E-state index is -0.405. The molecule has 0 radical (unpaired) electrons. The molecule has 84 valence electrons. The van der Waals surface area contributed by atoms with Crippen molar-refractivity contribution in [2.45, 2.75) is 45.3 Å². The molecule has 0 aromatic heterocycles. The Morgan fingerprint density at radius 3 is 2.73 bits per heavy atom. The van der Waals surface area contributed by atoms with Crippen molar-refractivity contribution >= 4 is 5.97 Å². The summed E-state index contributed by atoms with van der Waals surface area (Å²) in [6.45, 7) is 4.27. The summed E-state index contributed by atoms with van der Waals surface area (Å²) in [5.41, 5.74) is 0.0220. The summed E-state index contributed by atoms with van der Waals surface area (Å²) in [5.74, 6) is 0.620. The van der Waals surface area contributed by atoms with Gasteiger partial charge in [-0.15, -0.1) is 0 Å². The molecule has 0 amide bonds. The summed E-state index contributed by atoms with van der Waals surface area (Å²) in [4.78, 5) is 11.8. The van der Waals surface area contributed by atoms with Gasteiger partial charge in [0.1, 0.15) is 6.10 Å². The third kappa shape index (κ3) is 0.850. The lowest BCUT2D eigenvalue weighted by molar-refractivity contribution is -0.146. The number of carbonyl (C=O) groups excluding carboxylic acids is 1. The van der Waals surface area contributed by atoms with E-state index in [0.29, 0.717) is 11.8 Å². The first-order valence-electron chi connectivity index (χ1n) is 6.04. The molecule has 15 heavy (non-hydrogen) atoms. The Hall–Kier alpha value is -0.570. The van der Waals surface area contributed by atoms with Crippen LogP contribution < -0.4 is 0 Å². The largest absolute Gasteiger partial charge is 0.459 e. The predicted molar refractivity (Wildman–Crippen MR) is 54.0 cm³/mol. The zero-order chi connectivity index (χ0) is 10.8. The maximum atomic E-state index is 11.8. The average Bonchev–Trinajstić information content (AvgIpc) is 2.81. The van der Waals surface area contributed by atoms with Crippen LogP contribution in [0.2, 0.25) is 0 Å². The van der Waals surface area contributed by atoms with Crippen LogP contribution in [0.5, 0.6) is 0 Å². The maximum Gasteiger partial charge on any atom is 0.310 e. The van der Waals surface area contributed by atoms with Gasteiger partial charge in [-0.2, -0.15) is 0 Å². The smallest absolute Gasteiger partial charge is 0.310 e. The van der Waals surface area contributed by atoms with Gasteiger partial charge < -0.3 is 9.84 Å². The Labute approximate surface area is 89.8 Å². The van der Waals surface area contributed by atoms with Gasteiger partial charge in [-0.3, -0.25) is 4.79 Å². The van der Waals surface area contributed by atoms with Gasteiger partial charge in [0, 0.05) is 5.92 Å². The predicted octanol–water partition coefficient (Wildman–Crippen LogP) is 1.34. The molecule has 2 bridgehead atoms. The van der Waals surface area contributed by atoms with Crippen LogP contribution in [0.4, 0.5) is 0 Å². The van der Waals surface area contributed by atoms with Crippen LogP contribution in [0.25, 0.3) is 0 Å². The number of hydrogen-bond donors (Lipinski definition) is 1. The van der Waals surface area contributed by atoms with Crippen molar-refractivity contribution in [2.24, 2.45) is 23.2 Å². The lowest BCUT2D eigenvalue weighted by Crippen LogP contribution is -2.45. The number of hydrogen-bond acceptors (Lipinski definition) is 3. The fourth-order valence-electron chi connectivity index (χ4n) is 4.59. The minimum Gasteiger partial charge on any atom is -0.459 e. The topological polar surface area (TPSA) is 46.5 Å². The van der Waals surface area contributed by atoms with E-state index in [9.17, 15) is 9.90 Å². The normalized spacial score (nSPS) is 49.8. The zero-order valence-corrected chi connectivity index (χ0v) is 9.27. The van der Waals surface area contributed by atoms with Crippen LogP contribution in [-0.4, -0.2) is 23.3 Å². The Balaban J connectivity index is 2.08. The molecule has 1 heterocycles. The highest BCUT2D eigenvalue weighted by atomic mass is 16.6. The third-order valence-corrected chi connectivity index (χ3v) is 5.31. The van der Waals surface area contributed by atoms with Crippen molar-refractivity contribution in [3.8, 4) is 0 Å². The van der Waals surface area contributed by atoms with Crippen LogP contribution >= 0.6 is 0 Å². The van der Waals surface area contributed by atoms with E-state index in [0.717, 1.165) is 19.3 Å². The summed E-state index contributed by atoms with van der Waals surface area (Å²) < 4.78 is 5.32. The summed E-state index contributed by atoms with van der Waals surface area (Å²) in [5, 5.41) is 10.1. The second kappa shape index (κ2) is 2.76. The SMILES string of the molecule is CCC1(CC)C2CC3C(OC(=O)C31)C2O. The van der Waals surface area contributed by atoms with Crippen molar-refractivity contribution in [1.82, 2.24) is 0 Å². The standard InChI is InChI=1S/C12H18O3/c1-3-12(4-2)7-5-6-8(12)11(14)15-10(6)9(7)13/h6-10,13H,3-5H2,1-2H3. The van der Waals surface area contributed by atoms with Crippen LogP contribution in [0.1, 0.15) is 33.1 Å². The molecule has 2 aliphatic carbocycles. The molecule has 0 aromatic carbocycles. The third-order valence-electron chi connectivity index (χ3n) is 5.31. The van der Waals surface area contributed by atoms with Gasteiger partial charge in [0.2, 0.25) is 0 Å². The van der Waals surface area contributed by atoms with Gasteiger partial charge in [0.15, 0.2) is 0 Å². The Bertz CT molecular complexity index is 308. The van der Waals surface area contributed by atoms with Crippen LogP contribution in [-0.2, 0) is 9.53 Å². The van der Waals surface area contributed by atoms with Gasteiger partial charge in [-0.1, -0.05) is 13.8 Å². The van der Waals surface area contributed by atoms with Gasteiger partial charge in [0.25, 0.3) is 0 Å². The molecule has 1 N–H and O–H groups in total. The molecule has 5 unspecified atom stereocenters. The van der Waals surface area contributed by atoms with E-state index < -0.39 is 6.10 Å². The van der Waals surface area contributed by atoms with E-state index in [-0.39, 0.29) is 23.4 Å². The highest BCUT2D eigenvalue weighted by molar-refractivity contribution is 5.78. The molecule has 0 spiro atoms. The first kappa shape index (κ1) is 9.64. The van der Waals surface area contributed by atoms with Crippen molar-refractivity contribution in [3.05, 3.63) is 0 Å². The van der Waals surface area contributed by atoms with Crippen molar-refractivity contribution < 1.29 is 14.6 Å². The molecule has 3 heteroatoms. The minimum absolute atomic E-state index is 0.0220. The van der Waals surface area contributed by atoms with Gasteiger partial charge in [-0.05, 0) is 30.6 Å². The molecule has 3 fully saturated rings. The molecule has 2 saturated carbocycles. The number of ether oxygens (including phenoxy) is 1. The average molecular weight is 210 g/mol. The lowest BCUT2D eigenvalue weighted by Gasteiger charge is -2.40. The summed E-state index contributed by atoms with van der Waals surface area (Å²) in [7, 11) is 0. The quantitative estimate of drug-likeness (QED) is 0.700. The van der Waals surface area contributed by atoms with Crippen LogP contribution in [0, 0.1) is 23.2 Å². The molecule has 0 aromatic rings. The summed E-state index contributed by atoms with van der Waals surface area (Å²) >= 11 is 0. The summed E-state index contributed by atoms with van der Waals surface area (Å²) in [6.07, 6.45) is 2.36. The van der Waals surface area contributed by atoms with E-state index in [4.69, 9.17) is 4.74 Å². The Morgan fingerprint density at radius 1 is 1.47 bits per heavy atom. The van der Waals surface area contributed by atoms with Crippen LogP contribution in [0.15, 0.2) is 0 Å². The maximum absolute atomic E-state index is 11.8. The van der Waals surface area contributed by atoms with E-state index in [1.807, 2.05) is 0 Å². The number of fused-ring (bicyclic) bond motifs is 1. The number of esters is 1. The molecule has 1 saturated heterocycles. The fraction of sp³-hybridized carbons (Fsp3) is 0.917. The number of rotatable bonds is 2. The van der Waals surface area contributed by atoms with E-state index >= 15 is 0 Å². The second-order valence-electron chi connectivity index (χ2n) is 5.32. The van der Waals surface area contributed by atoms with E-state index in [1.54, 1.807) is 0 Å². The zero-order valence-electron chi connectivity index (χ0n) is 9.27. The highest BCUT2D eigenvalue weighted by Gasteiger charge is 2.71. The molecule has 3 rings (SSSR count). The molecular formula is C12H18O3. The lowest BCUT2D eigenvalue weighted by atomic mass is 9.62. The first-order valence-corrected chi connectivity index (χ1v) is 6.04. The van der Waals surface area contributed by atoms with Gasteiger partial charge >= 0.3 is 5.97 Å². The molecule has 5 atom stereocenters. The van der Waals surface area contributed by atoms with E-state index in [1.165, 1.54) is 0 Å². The van der Waals surface area contributed by atoms with Crippen LogP contribution in [0.3, 0.4) is 0 Å². The Kier molecular flexibility index (Phi) is 1.77.